The van der Waals surface area contributed by atoms with E-state index < -0.39 is 21.8 Å². The van der Waals surface area contributed by atoms with E-state index in [9.17, 15) is 18.1 Å². The summed E-state index contributed by atoms with van der Waals surface area (Å²) in [4.78, 5) is -0.0884. The molecule has 0 amide bonds. The predicted octanol–water partition coefficient (Wildman–Crippen LogP) is 4.35. The van der Waals surface area contributed by atoms with Gasteiger partial charge in [-0.2, -0.15) is 5.26 Å². The Hall–Kier alpha value is -4.09. The molecular formula is C25H18FN3O3S. The fourth-order valence-electron chi connectivity index (χ4n) is 4.24. The van der Waals surface area contributed by atoms with E-state index in [0.29, 0.717) is 16.8 Å². The first-order chi connectivity index (χ1) is 15.9. The minimum Gasteiger partial charge on any atom is -0.439 e. The third-order valence-electron chi connectivity index (χ3n) is 5.76. The third-order valence-corrected chi connectivity index (χ3v) is 7.65. The topological polar surface area (TPSA) is 96.4 Å². The number of allylic oxidation sites excluding steroid dienone is 2. The molecule has 3 aromatic rings. The van der Waals surface area contributed by atoms with Crippen molar-refractivity contribution in [2.45, 2.75) is 12.5 Å². The minimum absolute atomic E-state index is 0.00810. The van der Waals surface area contributed by atoms with Crippen LogP contribution in [0.3, 0.4) is 0 Å². The minimum atomic E-state index is -4.24. The molecule has 2 aliphatic rings. The maximum Gasteiger partial charge on any atom is 0.265 e. The van der Waals surface area contributed by atoms with Crippen molar-refractivity contribution in [2.24, 2.45) is 5.73 Å². The highest BCUT2D eigenvalue weighted by Crippen LogP contribution is 2.51. The molecule has 2 aliphatic heterocycles. The van der Waals surface area contributed by atoms with Crippen LogP contribution in [0.4, 0.5) is 10.1 Å². The van der Waals surface area contributed by atoms with Gasteiger partial charge in [-0.05, 0) is 23.8 Å². The predicted molar refractivity (Wildman–Crippen MR) is 122 cm³/mol. The van der Waals surface area contributed by atoms with E-state index in [-0.39, 0.29) is 34.2 Å². The molecule has 0 bridgehead atoms. The van der Waals surface area contributed by atoms with Crippen LogP contribution in [0.25, 0.3) is 5.76 Å². The summed E-state index contributed by atoms with van der Waals surface area (Å²) in [5, 5.41) is 9.84. The van der Waals surface area contributed by atoms with Crippen LogP contribution in [0, 0.1) is 17.1 Å². The van der Waals surface area contributed by atoms with Gasteiger partial charge >= 0.3 is 0 Å². The van der Waals surface area contributed by atoms with Crippen molar-refractivity contribution in [2.75, 3.05) is 4.31 Å². The molecular weight excluding hydrogens is 441 g/mol. The molecule has 0 aromatic heterocycles. The summed E-state index contributed by atoms with van der Waals surface area (Å²) in [5.74, 6) is -1.52. The van der Waals surface area contributed by atoms with Crippen molar-refractivity contribution in [1.82, 2.24) is 0 Å². The lowest BCUT2D eigenvalue weighted by atomic mass is 9.88. The second-order valence-corrected chi connectivity index (χ2v) is 9.48. The molecule has 2 N–H and O–H groups in total. The van der Waals surface area contributed by atoms with Crippen LogP contribution in [-0.4, -0.2) is 8.42 Å². The maximum atomic E-state index is 14.5. The number of nitrogens with zero attached hydrogens (tertiary/aromatic N) is 2. The highest BCUT2D eigenvalue weighted by molar-refractivity contribution is 7.96. The number of para-hydroxylation sites is 1. The highest BCUT2D eigenvalue weighted by atomic mass is 32.2. The standard InChI is InChI=1S/C25H18FN3O3S/c26-20-12-6-4-10-17(20)15-29-21-13-7-5-11-18(21)23-24(33(29,30)31)22(16-8-2-1-3-9-16)19(14-27)25(28)32-23/h1-13,22H,15,28H2/t22-/m1/s1. The van der Waals surface area contributed by atoms with Crippen molar-refractivity contribution < 1.29 is 17.5 Å². The Morgan fingerprint density at radius 1 is 1.00 bits per heavy atom. The maximum absolute atomic E-state index is 14.5. The number of halogens is 1. The van der Waals surface area contributed by atoms with Gasteiger partial charge in [-0.25, -0.2) is 12.8 Å². The molecule has 0 spiro atoms. The lowest BCUT2D eigenvalue weighted by Crippen LogP contribution is -2.39. The van der Waals surface area contributed by atoms with E-state index >= 15 is 0 Å². The molecule has 0 fully saturated rings. The Morgan fingerprint density at radius 2 is 1.67 bits per heavy atom. The molecule has 0 aliphatic carbocycles. The fourth-order valence-corrected chi connectivity index (χ4v) is 6.14. The van der Waals surface area contributed by atoms with Crippen LogP contribution in [0.15, 0.2) is 95.2 Å². The Bertz CT molecular complexity index is 1470. The summed E-state index contributed by atoms with van der Waals surface area (Å²) in [7, 11) is -4.24. The smallest absolute Gasteiger partial charge is 0.265 e. The SMILES string of the molecule is N#CC1=C(N)OC2=C([C@@H]1c1ccccc1)S(=O)(=O)N(Cc1ccccc1F)c1ccccc12. The summed E-state index contributed by atoms with van der Waals surface area (Å²) < 4.78 is 49.6. The zero-order valence-corrected chi connectivity index (χ0v) is 18.1. The first-order valence-electron chi connectivity index (χ1n) is 10.2. The molecule has 33 heavy (non-hydrogen) atoms. The lowest BCUT2D eigenvalue weighted by molar-refractivity contribution is 0.357. The second kappa shape index (κ2) is 7.80. The van der Waals surface area contributed by atoms with Crippen molar-refractivity contribution >= 4 is 21.5 Å². The number of nitriles is 1. The third kappa shape index (κ3) is 3.25. The molecule has 2 heterocycles. The van der Waals surface area contributed by atoms with Crippen LogP contribution in [-0.2, 0) is 21.3 Å². The average Bonchev–Trinajstić information content (AvgIpc) is 2.82. The summed E-state index contributed by atoms with van der Waals surface area (Å²) in [6.07, 6.45) is 0. The van der Waals surface area contributed by atoms with E-state index in [2.05, 4.69) is 0 Å². The first kappa shape index (κ1) is 20.8. The molecule has 6 nitrogen and oxygen atoms in total. The van der Waals surface area contributed by atoms with Crippen molar-refractivity contribution in [3.8, 4) is 6.07 Å². The first-order valence-corrected chi connectivity index (χ1v) is 11.6. The lowest BCUT2D eigenvalue weighted by Gasteiger charge is -2.38. The summed E-state index contributed by atoms with van der Waals surface area (Å²) >= 11 is 0. The number of hydrogen-bond acceptors (Lipinski definition) is 5. The molecule has 164 valence electrons. The fraction of sp³-hybridized carbons (Fsp3) is 0.0800. The van der Waals surface area contributed by atoms with Gasteiger partial charge in [0.25, 0.3) is 10.0 Å². The molecule has 3 aromatic carbocycles. The zero-order chi connectivity index (χ0) is 23.2. The van der Waals surface area contributed by atoms with E-state index in [4.69, 9.17) is 10.5 Å². The van der Waals surface area contributed by atoms with E-state index in [1.807, 2.05) is 6.07 Å². The van der Waals surface area contributed by atoms with Gasteiger partial charge in [-0.3, -0.25) is 4.31 Å². The van der Waals surface area contributed by atoms with Crippen LogP contribution < -0.4 is 10.0 Å². The van der Waals surface area contributed by atoms with E-state index in [0.717, 1.165) is 4.31 Å². The number of benzene rings is 3. The van der Waals surface area contributed by atoms with Gasteiger partial charge in [0.2, 0.25) is 5.88 Å². The largest absolute Gasteiger partial charge is 0.439 e. The van der Waals surface area contributed by atoms with E-state index in [1.54, 1.807) is 72.8 Å². The van der Waals surface area contributed by atoms with Crippen LogP contribution >= 0.6 is 0 Å². The van der Waals surface area contributed by atoms with Crippen molar-refractivity contribution in [1.29, 1.82) is 5.26 Å². The number of rotatable bonds is 3. The van der Waals surface area contributed by atoms with Crippen LogP contribution in [0.5, 0.6) is 0 Å². The Morgan fingerprint density at radius 3 is 2.39 bits per heavy atom. The van der Waals surface area contributed by atoms with Gasteiger partial charge in [-0.1, -0.05) is 60.7 Å². The number of ether oxygens (including phenoxy) is 1. The molecule has 0 unspecified atom stereocenters. The second-order valence-electron chi connectivity index (χ2n) is 7.65. The molecule has 0 saturated heterocycles. The molecule has 0 radical (unpaired) electrons. The van der Waals surface area contributed by atoms with Crippen molar-refractivity contribution in [3.63, 3.8) is 0 Å². The quantitative estimate of drug-likeness (QED) is 0.628. The number of nitrogens with two attached hydrogens (primary N) is 1. The van der Waals surface area contributed by atoms with Gasteiger partial charge < -0.3 is 10.5 Å². The van der Waals surface area contributed by atoms with Gasteiger partial charge in [0.05, 0.1) is 18.2 Å². The Kier molecular flexibility index (Phi) is 4.91. The normalized spacial score (nSPS) is 18.8. The molecule has 1 atom stereocenters. The van der Waals surface area contributed by atoms with Crippen molar-refractivity contribution in [3.05, 3.63) is 118 Å². The Labute approximate surface area is 190 Å². The number of anilines is 1. The summed E-state index contributed by atoms with van der Waals surface area (Å²) in [6.45, 7) is -0.217. The van der Waals surface area contributed by atoms with Crippen LogP contribution in [0.2, 0.25) is 0 Å². The number of hydrogen-bond donors (Lipinski definition) is 1. The van der Waals surface area contributed by atoms with E-state index in [1.165, 1.54) is 6.07 Å². The molecule has 8 heteroatoms. The van der Waals surface area contributed by atoms with Crippen LogP contribution in [0.1, 0.15) is 22.6 Å². The number of fused-ring (bicyclic) bond motifs is 2. The summed E-state index contributed by atoms with van der Waals surface area (Å²) in [5.41, 5.74) is 7.76. The van der Waals surface area contributed by atoms with Gasteiger partial charge in [-0.15, -0.1) is 0 Å². The highest BCUT2D eigenvalue weighted by Gasteiger charge is 2.47. The van der Waals surface area contributed by atoms with Gasteiger partial charge in [0.15, 0.2) is 5.76 Å². The summed E-state index contributed by atoms with van der Waals surface area (Å²) in [6, 6.07) is 23.7. The molecule has 0 saturated carbocycles. The zero-order valence-electron chi connectivity index (χ0n) is 17.3. The average molecular weight is 460 g/mol. The van der Waals surface area contributed by atoms with Gasteiger partial charge in [0, 0.05) is 11.1 Å². The number of sulfonamides is 1. The monoisotopic (exact) mass is 459 g/mol. The molecule has 5 rings (SSSR count). The Balaban J connectivity index is 1.77. The van der Waals surface area contributed by atoms with Gasteiger partial charge in [0.1, 0.15) is 22.4 Å².